The average Bonchev–Trinajstić information content (AvgIpc) is 2.50. The lowest BCUT2D eigenvalue weighted by Gasteiger charge is -2.09. The van der Waals surface area contributed by atoms with E-state index in [4.69, 9.17) is 14.7 Å². The molecule has 2 aromatic rings. The Labute approximate surface area is 131 Å². The number of hydrogen-bond donors (Lipinski definition) is 0. The first kappa shape index (κ1) is 15.3. The van der Waals surface area contributed by atoms with Crippen molar-refractivity contribution in [1.29, 1.82) is 5.26 Å². The molecule has 0 atom stereocenters. The zero-order valence-electron chi connectivity index (χ0n) is 11.2. The van der Waals surface area contributed by atoms with E-state index in [0.717, 1.165) is 0 Å². The lowest BCUT2D eigenvalue weighted by Crippen LogP contribution is -2.05. The van der Waals surface area contributed by atoms with Crippen LogP contribution in [0.15, 0.2) is 46.9 Å². The topological polar surface area (TPSA) is 42.2 Å². The Morgan fingerprint density at radius 2 is 1.90 bits per heavy atom. The number of hydrogen-bond acceptors (Lipinski definition) is 3. The second kappa shape index (κ2) is 7.65. The molecule has 2 aromatic carbocycles. The van der Waals surface area contributed by atoms with E-state index in [1.807, 2.05) is 0 Å². The highest BCUT2D eigenvalue weighted by Gasteiger charge is 2.03. The molecule has 5 heteroatoms. The van der Waals surface area contributed by atoms with Crippen LogP contribution in [0.2, 0.25) is 0 Å². The van der Waals surface area contributed by atoms with Crippen molar-refractivity contribution in [3.8, 4) is 17.6 Å². The van der Waals surface area contributed by atoms with Gasteiger partial charge in [-0.1, -0.05) is 6.07 Å². The third kappa shape index (κ3) is 4.76. The highest BCUT2D eigenvalue weighted by molar-refractivity contribution is 9.10. The Bertz CT molecular complexity index is 655. The fourth-order valence-electron chi connectivity index (χ4n) is 1.67. The van der Waals surface area contributed by atoms with E-state index in [-0.39, 0.29) is 5.82 Å². The van der Waals surface area contributed by atoms with Gasteiger partial charge >= 0.3 is 0 Å². The maximum atomic E-state index is 13.1. The van der Waals surface area contributed by atoms with Gasteiger partial charge in [0, 0.05) is 12.5 Å². The summed E-state index contributed by atoms with van der Waals surface area (Å²) in [7, 11) is 0. The van der Waals surface area contributed by atoms with Gasteiger partial charge in [0.25, 0.3) is 0 Å². The molecule has 0 aliphatic carbocycles. The molecule has 21 heavy (non-hydrogen) atoms. The number of nitrogens with zero attached hydrogens (tertiary/aromatic N) is 1. The molecule has 0 aromatic heterocycles. The number of ether oxygens (including phenoxy) is 2. The molecule has 0 unspecified atom stereocenters. The fourth-order valence-corrected chi connectivity index (χ4v) is 2.04. The summed E-state index contributed by atoms with van der Waals surface area (Å²) in [6.45, 7) is 0.877. The van der Waals surface area contributed by atoms with E-state index in [1.165, 1.54) is 12.1 Å². The van der Waals surface area contributed by atoms with Gasteiger partial charge in [-0.2, -0.15) is 5.26 Å². The molecule has 0 saturated carbocycles. The predicted octanol–water partition coefficient (Wildman–Crippen LogP) is 4.31. The van der Waals surface area contributed by atoms with Gasteiger partial charge in [-0.25, -0.2) is 4.39 Å². The molecule has 2 rings (SSSR count). The molecule has 3 nitrogen and oxygen atoms in total. The Morgan fingerprint density at radius 1 is 1.10 bits per heavy atom. The van der Waals surface area contributed by atoms with E-state index >= 15 is 0 Å². The number of rotatable bonds is 6. The van der Waals surface area contributed by atoms with Gasteiger partial charge in [-0.05, 0) is 46.3 Å². The smallest absolute Gasteiger partial charge is 0.136 e. The molecule has 0 heterocycles. The van der Waals surface area contributed by atoms with Crippen molar-refractivity contribution in [3.63, 3.8) is 0 Å². The van der Waals surface area contributed by atoms with Crippen LogP contribution in [-0.4, -0.2) is 13.2 Å². The van der Waals surface area contributed by atoms with Gasteiger partial charge in [0.05, 0.1) is 29.3 Å². The number of halogens is 2. The molecule has 0 N–H and O–H groups in total. The predicted molar refractivity (Wildman–Crippen MR) is 80.9 cm³/mol. The van der Waals surface area contributed by atoms with Crippen molar-refractivity contribution >= 4 is 15.9 Å². The molecule has 0 spiro atoms. The first-order valence-corrected chi connectivity index (χ1v) is 7.19. The fraction of sp³-hybridized carbons (Fsp3) is 0.188. The summed E-state index contributed by atoms with van der Waals surface area (Å²) in [5, 5.41) is 8.79. The van der Waals surface area contributed by atoms with Crippen molar-refractivity contribution in [2.45, 2.75) is 6.42 Å². The van der Waals surface area contributed by atoms with Crippen molar-refractivity contribution in [1.82, 2.24) is 0 Å². The SMILES string of the molecule is N#Cc1cccc(OCCCOc2cc(F)ccc2Br)c1. The normalized spacial score (nSPS) is 9.95. The molecular formula is C16H13BrFNO2. The molecule has 0 aliphatic heterocycles. The van der Waals surface area contributed by atoms with E-state index in [9.17, 15) is 4.39 Å². The van der Waals surface area contributed by atoms with Crippen LogP contribution in [0, 0.1) is 17.1 Å². The molecule has 0 saturated heterocycles. The zero-order chi connectivity index (χ0) is 15.1. The van der Waals surface area contributed by atoms with Gasteiger partial charge in [0.1, 0.15) is 17.3 Å². The van der Waals surface area contributed by atoms with Crippen LogP contribution in [-0.2, 0) is 0 Å². The lowest BCUT2D eigenvalue weighted by atomic mass is 10.2. The molecule has 0 radical (unpaired) electrons. The van der Waals surface area contributed by atoms with Crippen LogP contribution in [0.1, 0.15) is 12.0 Å². The monoisotopic (exact) mass is 349 g/mol. The third-order valence-electron chi connectivity index (χ3n) is 2.67. The lowest BCUT2D eigenvalue weighted by molar-refractivity contribution is 0.246. The highest BCUT2D eigenvalue weighted by atomic mass is 79.9. The minimum atomic E-state index is -0.335. The third-order valence-corrected chi connectivity index (χ3v) is 3.33. The molecule has 0 bridgehead atoms. The summed E-state index contributed by atoms with van der Waals surface area (Å²) in [6.07, 6.45) is 0.653. The second-order valence-corrected chi connectivity index (χ2v) is 5.12. The van der Waals surface area contributed by atoms with Crippen LogP contribution in [0.3, 0.4) is 0 Å². The molecular weight excluding hydrogens is 337 g/mol. The Hall–Kier alpha value is -2.06. The maximum Gasteiger partial charge on any atom is 0.136 e. The minimum Gasteiger partial charge on any atom is -0.493 e. The summed E-state index contributed by atoms with van der Waals surface area (Å²) in [4.78, 5) is 0. The van der Waals surface area contributed by atoms with Gasteiger partial charge in [-0.3, -0.25) is 0 Å². The van der Waals surface area contributed by atoms with Crippen LogP contribution < -0.4 is 9.47 Å². The summed E-state index contributed by atoms with van der Waals surface area (Å²) in [5.41, 5.74) is 0.562. The zero-order valence-corrected chi connectivity index (χ0v) is 12.8. The average molecular weight is 350 g/mol. The summed E-state index contributed by atoms with van der Waals surface area (Å²) < 4.78 is 24.8. The Morgan fingerprint density at radius 3 is 2.71 bits per heavy atom. The number of nitriles is 1. The summed E-state index contributed by atoms with van der Waals surface area (Å²) >= 11 is 3.30. The molecule has 108 valence electrons. The van der Waals surface area contributed by atoms with Crippen LogP contribution in [0.5, 0.6) is 11.5 Å². The minimum absolute atomic E-state index is 0.335. The van der Waals surface area contributed by atoms with Gasteiger partial charge in [-0.15, -0.1) is 0 Å². The Balaban J connectivity index is 1.75. The first-order valence-electron chi connectivity index (χ1n) is 6.40. The quantitative estimate of drug-likeness (QED) is 0.729. The van der Waals surface area contributed by atoms with E-state index in [2.05, 4.69) is 22.0 Å². The number of benzene rings is 2. The van der Waals surface area contributed by atoms with E-state index < -0.39 is 0 Å². The second-order valence-electron chi connectivity index (χ2n) is 4.26. The van der Waals surface area contributed by atoms with Crippen molar-refractivity contribution < 1.29 is 13.9 Å². The van der Waals surface area contributed by atoms with Gasteiger partial charge < -0.3 is 9.47 Å². The molecule has 0 amide bonds. The molecule has 0 aliphatic rings. The highest BCUT2D eigenvalue weighted by Crippen LogP contribution is 2.25. The first-order chi connectivity index (χ1) is 10.2. The van der Waals surface area contributed by atoms with E-state index in [1.54, 1.807) is 30.3 Å². The molecule has 0 fully saturated rings. The van der Waals surface area contributed by atoms with E-state index in [0.29, 0.717) is 41.2 Å². The van der Waals surface area contributed by atoms with Crippen molar-refractivity contribution in [2.24, 2.45) is 0 Å². The van der Waals surface area contributed by atoms with Crippen LogP contribution >= 0.6 is 15.9 Å². The Kier molecular flexibility index (Phi) is 5.59. The van der Waals surface area contributed by atoms with Crippen molar-refractivity contribution in [2.75, 3.05) is 13.2 Å². The largest absolute Gasteiger partial charge is 0.493 e. The maximum absolute atomic E-state index is 13.1. The summed E-state index contributed by atoms with van der Waals surface area (Å²) in [5.74, 6) is 0.792. The van der Waals surface area contributed by atoms with Crippen molar-refractivity contribution in [3.05, 3.63) is 58.3 Å². The standard InChI is InChI=1S/C16H13BrFNO2/c17-15-6-5-13(18)10-16(15)21-8-2-7-20-14-4-1-3-12(9-14)11-19/h1,3-6,9-10H,2,7-8H2. The van der Waals surface area contributed by atoms with Gasteiger partial charge in [0.15, 0.2) is 0 Å². The van der Waals surface area contributed by atoms with Crippen LogP contribution in [0.4, 0.5) is 4.39 Å². The van der Waals surface area contributed by atoms with Crippen LogP contribution in [0.25, 0.3) is 0 Å². The van der Waals surface area contributed by atoms with Gasteiger partial charge in [0.2, 0.25) is 0 Å². The summed E-state index contributed by atoms with van der Waals surface area (Å²) in [6, 6.07) is 13.3.